The van der Waals surface area contributed by atoms with Crippen LogP contribution in [0.5, 0.6) is 0 Å². The van der Waals surface area contributed by atoms with E-state index in [-0.39, 0.29) is 0 Å². The van der Waals surface area contributed by atoms with Gasteiger partial charge in [-0.1, -0.05) is 46.3 Å². The molecular formula is C22H15BrOS. The van der Waals surface area contributed by atoms with Crippen LogP contribution in [0.25, 0.3) is 41.7 Å². The summed E-state index contributed by atoms with van der Waals surface area (Å²) in [5.41, 5.74) is 1.21. The van der Waals surface area contributed by atoms with Gasteiger partial charge in [-0.05, 0) is 57.4 Å². The highest BCUT2D eigenvalue weighted by Gasteiger charge is 2.12. The first-order chi connectivity index (χ1) is 12.2. The van der Waals surface area contributed by atoms with Gasteiger partial charge in [-0.25, -0.2) is 0 Å². The molecule has 0 N–H and O–H groups in total. The number of ether oxygens (including phenoxy) is 1. The van der Waals surface area contributed by atoms with E-state index >= 15 is 0 Å². The van der Waals surface area contributed by atoms with E-state index < -0.39 is 0 Å². The minimum atomic E-state index is 0.640. The molecule has 0 fully saturated rings. The third kappa shape index (κ3) is 2.38. The van der Waals surface area contributed by atoms with Crippen molar-refractivity contribution in [3.8, 4) is 0 Å². The zero-order valence-electron chi connectivity index (χ0n) is 13.7. The molecule has 0 spiro atoms. The summed E-state index contributed by atoms with van der Waals surface area (Å²) in [6.07, 6.45) is 0. The van der Waals surface area contributed by atoms with Crippen LogP contribution < -0.4 is 0 Å². The van der Waals surface area contributed by atoms with Gasteiger partial charge in [0.1, 0.15) is 0 Å². The van der Waals surface area contributed by atoms with Gasteiger partial charge in [-0.15, -0.1) is 11.3 Å². The molecule has 5 aromatic rings. The normalized spacial score (nSPS) is 11.9. The number of thiophene rings is 1. The fraction of sp³-hybridized carbons (Fsp3) is 0.0909. The van der Waals surface area contributed by atoms with Crippen molar-refractivity contribution < 1.29 is 4.74 Å². The van der Waals surface area contributed by atoms with E-state index in [1.807, 2.05) is 11.3 Å². The SMILES string of the molecule is COCc1ccc2ccc3sc4ccc5ccc(Br)cc5c4c3c2c1. The van der Waals surface area contributed by atoms with E-state index in [1.54, 1.807) is 7.11 Å². The Morgan fingerprint density at radius 3 is 2.08 bits per heavy atom. The van der Waals surface area contributed by atoms with Crippen molar-refractivity contribution in [2.45, 2.75) is 6.61 Å². The number of benzene rings is 4. The van der Waals surface area contributed by atoms with Crippen molar-refractivity contribution in [2.24, 2.45) is 0 Å². The fourth-order valence-electron chi connectivity index (χ4n) is 3.68. The van der Waals surface area contributed by atoms with Crippen LogP contribution in [-0.2, 0) is 11.3 Å². The Kier molecular flexibility index (Phi) is 3.56. The molecule has 1 heterocycles. The molecule has 0 aliphatic heterocycles. The topological polar surface area (TPSA) is 9.23 Å². The molecule has 0 saturated heterocycles. The van der Waals surface area contributed by atoms with Gasteiger partial charge in [0, 0.05) is 31.8 Å². The van der Waals surface area contributed by atoms with Crippen molar-refractivity contribution >= 4 is 69.0 Å². The van der Waals surface area contributed by atoms with E-state index in [2.05, 4.69) is 76.6 Å². The molecule has 3 heteroatoms. The lowest BCUT2D eigenvalue weighted by molar-refractivity contribution is 0.185. The van der Waals surface area contributed by atoms with Crippen LogP contribution in [-0.4, -0.2) is 7.11 Å². The molecule has 1 nitrogen and oxygen atoms in total. The van der Waals surface area contributed by atoms with Crippen LogP contribution in [0.4, 0.5) is 0 Å². The largest absolute Gasteiger partial charge is 0.380 e. The van der Waals surface area contributed by atoms with Crippen LogP contribution in [0.3, 0.4) is 0 Å². The molecule has 122 valence electrons. The first-order valence-electron chi connectivity index (χ1n) is 8.20. The summed E-state index contributed by atoms with van der Waals surface area (Å²) < 4.78 is 9.13. The van der Waals surface area contributed by atoms with E-state index in [1.165, 1.54) is 47.3 Å². The molecule has 1 aromatic heterocycles. The second-order valence-electron chi connectivity index (χ2n) is 6.33. The lowest BCUT2D eigenvalue weighted by atomic mass is 9.98. The number of methoxy groups -OCH3 is 1. The van der Waals surface area contributed by atoms with Crippen LogP contribution in [0.15, 0.2) is 65.1 Å². The first-order valence-corrected chi connectivity index (χ1v) is 9.80. The number of hydrogen-bond donors (Lipinski definition) is 0. The van der Waals surface area contributed by atoms with Crippen molar-refractivity contribution in [3.05, 3.63) is 70.7 Å². The third-order valence-electron chi connectivity index (χ3n) is 4.77. The molecule has 0 aliphatic rings. The van der Waals surface area contributed by atoms with Gasteiger partial charge in [-0.2, -0.15) is 0 Å². The lowest BCUT2D eigenvalue weighted by Gasteiger charge is -2.06. The van der Waals surface area contributed by atoms with Gasteiger partial charge < -0.3 is 4.74 Å². The lowest BCUT2D eigenvalue weighted by Crippen LogP contribution is -1.87. The molecule has 0 amide bonds. The van der Waals surface area contributed by atoms with E-state index in [9.17, 15) is 0 Å². The average Bonchev–Trinajstić information content (AvgIpc) is 3.01. The van der Waals surface area contributed by atoms with Gasteiger partial charge in [-0.3, -0.25) is 0 Å². The van der Waals surface area contributed by atoms with E-state index in [4.69, 9.17) is 4.74 Å². The predicted molar refractivity (Wildman–Crippen MR) is 113 cm³/mol. The molecule has 0 bridgehead atoms. The summed E-state index contributed by atoms with van der Waals surface area (Å²) in [4.78, 5) is 0. The predicted octanol–water partition coefficient (Wildman–Crippen LogP) is 7.27. The zero-order valence-corrected chi connectivity index (χ0v) is 16.1. The maximum Gasteiger partial charge on any atom is 0.0713 e. The summed E-state index contributed by atoms with van der Waals surface area (Å²) in [7, 11) is 1.75. The van der Waals surface area contributed by atoms with Crippen molar-refractivity contribution in [3.63, 3.8) is 0 Å². The molecule has 0 saturated carbocycles. The van der Waals surface area contributed by atoms with Crippen LogP contribution >= 0.6 is 27.3 Å². The van der Waals surface area contributed by atoms with E-state index in [0.29, 0.717) is 6.61 Å². The smallest absolute Gasteiger partial charge is 0.0713 e. The molecule has 0 radical (unpaired) electrons. The molecule has 0 aliphatic carbocycles. The number of halogens is 1. The standard InChI is InChI=1S/C22H15BrOS/c1-24-12-13-2-3-14-5-8-19-21(17(14)10-13)22-18-11-16(23)7-4-15(18)6-9-20(22)25-19/h2-11H,12H2,1H3. The summed E-state index contributed by atoms with van der Waals surface area (Å²) >= 11 is 5.51. The minimum absolute atomic E-state index is 0.640. The zero-order chi connectivity index (χ0) is 17.0. The number of rotatable bonds is 2. The fourth-order valence-corrected chi connectivity index (χ4v) is 5.18. The van der Waals surface area contributed by atoms with Crippen molar-refractivity contribution in [1.82, 2.24) is 0 Å². The highest BCUT2D eigenvalue weighted by molar-refractivity contribution is 9.10. The summed E-state index contributed by atoms with van der Waals surface area (Å²) in [6, 6.07) is 22.1. The third-order valence-corrected chi connectivity index (χ3v) is 6.39. The Morgan fingerprint density at radius 2 is 1.40 bits per heavy atom. The quantitative estimate of drug-likeness (QED) is 0.299. The molecule has 4 aromatic carbocycles. The van der Waals surface area contributed by atoms with Gasteiger partial charge >= 0.3 is 0 Å². The number of fused-ring (bicyclic) bond motifs is 7. The van der Waals surface area contributed by atoms with Gasteiger partial charge in [0.25, 0.3) is 0 Å². The highest BCUT2D eigenvalue weighted by atomic mass is 79.9. The first kappa shape index (κ1) is 15.3. The Hall–Kier alpha value is -1.94. The van der Waals surface area contributed by atoms with Crippen molar-refractivity contribution in [2.75, 3.05) is 7.11 Å². The molecule has 5 rings (SSSR count). The summed E-state index contributed by atoms with van der Waals surface area (Å²) in [6.45, 7) is 0.640. The minimum Gasteiger partial charge on any atom is -0.380 e. The second kappa shape index (κ2) is 5.80. The Labute approximate surface area is 158 Å². The molecular weight excluding hydrogens is 392 g/mol. The monoisotopic (exact) mass is 406 g/mol. The Morgan fingerprint density at radius 1 is 0.800 bits per heavy atom. The van der Waals surface area contributed by atoms with Gasteiger partial charge in [0.05, 0.1) is 6.61 Å². The Bertz CT molecular complexity index is 1270. The van der Waals surface area contributed by atoms with Crippen molar-refractivity contribution in [1.29, 1.82) is 0 Å². The van der Waals surface area contributed by atoms with E-state index in [0.717, 1.165) is 4.47 Å². The number of hydrogen-bond acceptors (Lipinski definition) is 2. The summed E-state index contributed by atoms with van der Waals surface area (Å²) in [5.74, 6) is 0. The maximum atomic E-state index is 5.34. The second-order valence-corrected chi connectivity index (χ2v) is 8.33. The summed E-state index contributed by atoms with van der Waals surface area (Å²) in [5, 5.41) is 7.89. The Balaban J connectivity index is 2.02. The average molecular weight is 407 g/mol. The highest BCUT2D eigenvalue weighted by Crippen LogP contribution is 2.42. The van der Waals surface area contributed by atoms with Gasteiger partial charge in [0.15, 0.2) is 0 Å². The molecule has 25 heavy (non-hydrogen) atoms. The maximum absolute atomic E-state index is 5.34. The molecule has 0 unspecified atom stereocenters. The van der Waals surface area contributed by atoms with Crippen LogP contribution in [0.1, 0.15) is 5.56 Å². The van der Waals surface area contributed by atoms with Crippen LogP contribution in [0, 0.1) is 0 Å². The van der Waals surface area contributed by atoms with Crippen LogP contribution in [0.2, 0.25) is 0 Å². The van der Waals surface area contributed by atoms with Gasteiger partial charge in [0.2, 0.25) is 0 Å². The molecule has 0 atom stereocenters.